The molecule has 0 atom stereocenters. The zero-order valence-electron chi connectivity index (χ0n) is 10.3. The lowest BCUT2D eigenvalue weighted by molar-refractivity contribution is 0.0999. The number of phenols is 1. The summed E-state index contributed by atoms with van der Waals surface area (Å²) in [6.07, 6.45) is 1.22. The molecular formula is C16H9FO3. The first-order chi connectivity index (χ1) is 9.58. The standard InChI is InChI=1S/C16H9FO3/c17-10-6-4-9(5-7-10)12-8-14(19)11-2-1-3-13(18)15(11)16(12)20/h1-8,18H. The summed E-state index contributed by atoms with van der Waals surface area (Å²) >= 11 is 0. The van der Waals surface area contributed by atoms with E-state index < -0.39 is 11.6 Å². The first-order valence-corrected chi connectivity index (χ1v) is 5.96. The molecule has 1 aliphatic carbocycles. The number of Topliss-reactive ketones (excluding diaryl/α,β-unsaturated/α-hetero) is 1. The van der Waals surface area contributed by atoms with E-state index >= 15 is 0 Å². The van der Waals surface area contributed by atoms with E-state index in [9.17, 15) is 19.1 Å². The zero-order valence-corrected chi connectivity index (χ0v) is 10.3. The third-order valence-electron chi connectivity index (χ3n) is 3.21. The Morgan fingerprint density at radius 3 is 2.35 bits per heavy atom. The van der Waals surface area contributed by atoms with Crippen molar-refractivity contribution in [3.8, 4) is 5.75 Å². The van der Waals surface area contributed by atoms with Gasteiger partial charge in [0, 0.05) is 11.1 Å². The van der Waals surface area contributed by atoms with E-state index in [1.54, 1.807) is 0 Å². The van der Waals surface area contributed by atoms with Gasteiger partial charge in [0.2, 0.25) is 0 Å². The lowest BCUT2D eigenvalue weighted by Crippen LogP contribution is -2.16. The molecule has 1 N–H and O–H groups in total. The average molecular weight is 268 g/mol. The predicted molar refractivity (Wildman–Crippen MR) is 71.1 cm³/mol. The highest BCUT2D eigenvalue weighted by molar-refractivity contribution is 6.39. The van der Waals surface area contributed by atoms with Crippen molar-refractivity contribution in [3.05, 3.63) is 71.0 Å². The fourth-order valence-corrected chi connectivity index (χ4v) is 2.24. The first kappa shape index (κ1) is 12.3. The number of hydrogen-bond donors (Lipinski definition) is 1. The van der Waals surface area contributed by atoms with Crippen LogP contribution in [0.1, 0.15) is 26.3 Å². The monoisotopic (exact) mass is 268 g/mol. The van der Waals surface area contributed by atoms with Crippen molar-refractivity contribution in [1.29, 1.82) is 0 Å². The topological polar surface area (TPSA) is 54.4 Å². The number of rotatable bonds is 1. The lowest BCUT2D eigenvalue weighted by Gasteiger charge is -2.16. The van der Waals surface area contributed by atoms with Gasteiger partial charge in [0.1, 0.15) is 11.6 Å². The maximum absolute atomic E-state index is 12.9. The van der Waals surface area contributed by atoms with Crippen molar-refractivity contribution < 1.29 is 19.1 Å². The van der Waals surface area contributed by atoms with Gasteiger partial charge in [-0.3, -0.25) is 9.59 Å². The van der Waals surface area contributed by atoms with Gasteiger partial charge in [0.25, 0.3) is 0 Å². The van der Waals surface area contributed by atoms with E-state index in [1.165, 1.54) is 48.5 Å². The Labute approximate surface area is 114 Å². The SMILES string of the molecule is O=C1C=C(c2ccc(F)cc2)C(=O)c2c(O)cccc21. The Morgan fingerprint density at radius 2 is 1.65 bits per heavy atom. The van der Waals surface area contributed by atoms with Crippen LogP contribution in [-0.2, 0) is 0 Å². The van der Waals surface area contributed by atoms with Crippen LogP contribution in [0.3, 0.4) is 0 Å². The molecule has 0 bridgehead atoms. The quantitative estimate of drug-likeness (QED) is 0.865. The Kier molecular flexibility index (Phi) is 2.71. The molecule has 0 saturated carbocycles. The molecule has 3 rings (SSSR count). The van der Waals surface area contributed by atoms with Crippen LogP contribution in [-0.4, -0.2) is 16.7 Å². The third-order valence-corrected chi connectivity index (χ3v) is 3.21. The minimum absolute atomic E-state index is 0.000625. The van der Waals surface area contributed by atoms with Crippen molar-refractivity contribution >= 4 is 17.1 Å². The van der Waals surface area contributed by atoms with Crippen LogP contribution in [0.5, 0.6) is 5.75 Å². The highest BCUT2D eigenvalue weighted by atomic mass is 19.1. The molecule has 0 unspecified atom stereocenters. The van der Waals surface area contributed by atoms with Gasteiger partial charge < -0.3 is 5.11 Å². The molecule has 0 fully saturated rings. The number of ketones is 2. The molecule has 98 valence electrons. The molecule has 20 heavy (non-hydrogen) atoms. The number of aromatic hydroxyl groups is 1. The van der Waals surface area contributed by atoms with Crippen LogP contribution in [0.4, 0.5) is 4.39 Å². The molecule has 2 aromatic rings. The summed E-state index contributed by atoms with van der Waals surface area (Å²) < 4.78 is 12.9. The molecule has 0 saturated heterocycles. The van der Waals surface area contributed by atoms with E-state index in [4.69, 9.17) is 0 Å². The third kappa shape index (κ3) is 1.82. The molecule has 3 nitrogen and oxygen atoms in total. The predicted octanol–water partition coefficient (Wildman–Crippen LogP) is 2.99. The van der Waals surface area contributed by atoms with Crippen molar-refractivity contribution in [2.24, 2.45) is 0 Å². The minimum Gasteiger partial charge on any atom is -0.507 e. The van der Waals surface area contributed by atoms with Gasteiger partial charge in [-0.05, 0) is 29.8 Å². The molecule has 0 heterocycles. The second-order valence-electron chi connectivity index (χ2n) is 4.46. The zero-order chi connectivity index (χ0) is 14.3. The number of carbonyl (C=O) groups excluding carboxylic acids is 2. The number of halogens is 1. The van der Waals surface area contributed by atoms with Crippen molar-refractivity contribution in [2.75, 3.05) is 0 Å². The van der Waals surface area contributed by atoms with E-state index in [0.29, 0.717) is 5.56 Å². The molecular weight excluding hydrogens is 259 g/mol. The van der Waals surface area contributed by atoms with Crippen LogP contribution in [0.15, 0.2) is 48.5 Å². The molecule has 0 aliphatic heterocycles. The van der Waals surface area contributed by atoms with Crippen LogP contribution in [0.2, 0.25) is 0 Å². The Hall–Kier alpha value is -2.75. The largest absolute Gasteiger partial charge is 0.507 e. The molecule has 0 amide bonds. The van der Waals surface area contributed by atoms with Crippen molar-refractivity contribution in [3.63, 3.8) is 0 Å². The van der Waals surface area contributed by atoms with E-state index in [2.05, 4.69) is 0 Å². The maximum atomic E-state index is 12.9. The summed E-state index contributed by atoms with van der Waals surface area (Å²) in [6.45, 7) is 0. The summed E-state index contributed by atoms with van der Waals surface area (Å²) in [6, 6.07) is 9.65. The fraction of sp³-hybridized carbons (Fsp3) is 0. The minimum atomic E-state index is -0.440. The van der Waals surface area contributed by atoms with E-state index in [1.807, 2.05) is 0 Å². The van der Waals surface area contributed by atoms with Crippen LogP contribution < -0.4 is 0 Å². The first-order valence-electron chi connectivity index (χ1n) is 5.96. The Morgan fingerprint density at radius 1 is 0.950 bits per heavy atom. The smallest absolute Gasteiger partial charge is 0.198 e. The second-order valence-corrected chi connectivity index (χ2v) is 4.46. The number of carbonyl (C=O) groups is 2. The summed E-state index contributed by atoms with van der Waals surface area (Å²) in [7, 11) is 0. The molecule has 1 aliphatic rings. The number of allylic oxidation sites excluding steroid dienone is 2. The molecule has 0 radical (unpaired) electrons. The van der Waals surface area contributed by atoms with Gasteiger partial charge in [-0.25, -0.2) is 4.39 Å². The molecule has 0 spiro atoms. The fourth-order valence-electron chi connectivity index (χ4n) is 2.24. The van der Waals surface area contributed by atoms with Gasteiger partial charge in [-0.15, -0.1) is 0 Å². The van der Waals surface area contributed by atoms with Gasteiger partial charge in [-0.2, -0.15) is 0 Å². The Bertz CT molecular complexity index is 758. The summed E-state index contributed by atoms with van der Waals surface area (Å²) in [4.78, 5) is 24.4. The number of hydrogen-bond acceptors (Lipinski definition) is 3. The van der Waals surface area contributed by atoms with Gasteiger partial charge in [0.15, 0.2) is 11.6 Å². The highest BCUT2D eigenvalue weighted by Gasteiger charge is 2.28. The number of fused-ring (bicyclic) bond motifs is 1. The van der Waals surface area contributed by atoms with Crippen molar-refractivity contribution in [1.82, 2.24) is 0 Å². The molecule has 4 heteroatoms. The van der Waals surface area contributed by atoms with Crippen molar-refractivity contribution in [2.45, 2.75) is 0 Å². The maximum Gasteiger partial charge on any atom is 0.198 e. The van der Waals surface area contributed by atoms with Gasteiger partial charge >= 0.3 is 0 Å². The van der Waals surface area contributed by atoms with E-state index in [-0.39, 0.29) is 28.2 Å². The molecule has 0 aromatic heterocycles. The number of benzene rings is 2. The highest BCUT2D eigenvalue weighted by Crippen LogP contribution is 2.32. The normalized spacial score (nSPS) is 13.9. The lowest BCUT2D eigenvalue weighted by atomic mass is 9.86. The summed E-state index contributed by atoms with van der Waals surface area (Å²) in [5.41, 5.74) is 0.780. The Balaban J connectivity index is 2.17. The van der Waals surface area contributed by atoms with Crippen LogP contribution >= 0.6 is 0 Å². The van der Waals surface area contributed by atoms with Crippen LogP contribution in [0.25, 0.3) is 5.57 Å². The summed E-state index contributed by atoms with van der Waals surface area (Å²) in [5.74, 6) is -1.44. The number of phenolic OH excluding ortho intramolecular Hbond substituents is 1. The summed E-state index contributed by atoms with van der Waals surface area (Å²) in [5, 5.41) is 9.79. The molecule has 2 aromatic carbocycles. The van der Waals surface area contributed by atoms with Gasteiger partial charge in [-0.1, -0.05) is 24.3 Å². The van der Waals surface area contributed by atoms with E-state index in [0.717, 1.165) is 0 Å². The second kappa shape index (κ2) is 4.42. The average Bonchev–Trinajstić information content (AvgIpc) is 2.44. The van der Waals surface area contributed by atoms with Gasteiger partial charge in [0.05, 0.1) is 5.56 Å². The van der Waals surface area contributed by atoms with Crippen LogP contribution in [0, 0.1) is 5.82 Å².